The number of benzene rings is 1. The van der Waals surface area contributed by atoms with Gasteiger partial charge in [0.15, 0.2) is 5.92 Å². The van der Waals surface area contributed by atoms with Gasteiger partial charge in [-0.15, -0.1) is 0 Å². The second-order valence-corrected chi connectivity index (χ2v) is 3.68. The number of rotatable bonds is 4. The van der Waals surface area contributed by atoms with Gasteiger partial charge in [-0.3, -0.25) is 14.4 Å². The van der Waals surface area contributed by atoms with Crippen molar-refractivity contribution in [3.8, 4) is 0 Å². The Balaban J connectivity index is 3.33. The summed E-state index contributed by atoms with van der Waals surface area (Å²) in [5.74, 6) is -2.95. The molecule has 1 aromatic carbocycles. The summed E-state index contributed by atoms with van der Waals surface area (Å²) in [6.07, 6.45) is 0. The molecule has 0 unspecified atom stereocenters. The Bertz CT molecular complexity index is 467. The molecular formula is C12H11ClO5. The van der Waals surface area contributed by atoms with E-state index >= 15 is 0 Å². The van der Waals surface area contributed by atoms with Crippen LogP contribution in [0.1, 0.15) is 21.8 Å². The van der Waals surface area contributed by atoms with Gasteiger partial charge in [-0.1, -0.05) is 18.2 Å². The molecule has 1 aromatic rings. The summed E-state index contributed by atoms with van der Waals surface area (Å²) in [7, 11) is 2.28. The molecule has 0 radical (unpaired) electrons. The molecule has 96 valence electrons. The van der Waals surface area contributed by atoms with Crippen LogP contribution in [-0.2, 0) is 19.1 Å². The highest BCUT2D eigenvalue weighted by Gasteiger charge is 2.33. The Morgan fingerprint density at radius 1 is 1.06 bits per heavy atom. The molecule has 0 fully saturated rings. The van der Waals surface area contributed by atoms with Gasteiger partial charge >= 0.3 is 11.9 Å². The van der Waals surface area contributed by atoms with Crippen molar-refractivity contribution in [1.82, 2.24) is 0 Å². The lowest BCUT2D eigenvalue weighted by Crippen LogP contribution is -2.25. The van der Waals surface area contributed by atoms with E-state index in [0.29, 0.717) is 0 Å². The third-order valence-electron chi connectivity index (χ3n) is 2.36. The minimum Gasteiger partial charge on any atom is -0.468 e. The quantitative estimate of drug-likeness (QED) is 0.471. The summed E-state index contributed by atoms with van der Waals surface area (Å²) >= 11 is 5.41. The smallest absolute Gasteiger partial charge is 0.324 e. The third kappa shape index (κ3) is 2.87. The van der Waals surface area contributed by atoms with Crippen LogP contribution in [-0.4, -0.2) is 31.4 Å². The number of hydrogen-bond donors (Lipinski definition) is 0. The summed E-state index contributed by atoms with van der Waals surface area (Å²) in [5.41, 5.74) is 0.233. The predicted octanol–water partition coefficient (Wildman–Crippen LogP) is 1.50. The zero-order valence-corrected chi connectivity index (χ0v) is 10.6. The van der Waals surface area contributed by atoms with E-state index in [-0.39, 0.29) is 11.1 Å². The van der Waals surface area contributed by atoms with E-state index < -0.39 is 23.1 Å². The minimum atomic E-state index is -1.32. The van der Waals surface area contributed by atoms with Crippen LogP contribution in [0, 0.1) is 0 Å². The lowest BCUT2D eigenvalue weighted by atomic mass is 9.94. The van der Waals surface area contributed by atoms with Gasteiger partial charge in [-0.25, -0.2) is 0 Å². The Labute approximate surface area is 109 Å². The van der Waals surface area contributed by atoms with Crippen LogP contribution in [0.5, 0.6) is 0 Å². The van der Waals surface area contributed by atoms with Crippen LogP contribution >= 0.6 is 11.6 Å². The van der Waals surface area contributed by atoms with Crippen LogP contribution in [0.4, 0.5) is 0 Å². The van der Waals surface area contributed by atoms with Crippen molar-refractivity contribution in [2.45, 2.75) is 5.92 Å². The van der Waals surface area contributed by atoms with E-state index in [1.54, 1.807) is 12.1 Å². The van der Waals surface area contributed by atoms with E-state index in [4.69, 9.17) is 11.6 Å². The van der Waals surface area contributed by atoms with Crippen molar-refractivity contribution in [2.75, 3.05) is 14.2 Å². The molecule has 0 aromatic heterocycles. The van der Waals surface area contributed by atoms with Crippen LogP contribution in [0.3, 0.4) is 0 Å². The summed E-state index contributed by atoms with van der Waals surface area (Å²) in [4.78, 5) is 34.5. The van der Waals surface area contributed by atoms with Gasteiger partial charge in [0.2, 0.25) is 0 Å². The van der Waals surface area contributed by atoms with Crippen molar-refractivity contribution in [3.05, 3.63) is 35.4 Å². The average Bonchev–Trinajstić information content (AvgIpc) is 2.38. The molecule has 0 aliphatic heterocycles. The Morgan fingerprint density at radius 3 is 2.00 bits per heavy atom. The third-order valence-corrected chi connectivity index (χ3v) is 2.56. The van der Waals surface area contributed by atoms with Gasteiger partial charge in [0.1, 0.15) is 0 Å². The Kier molecular flexibility index (Phi) is 4.85. The number of hydrogen-bond acceptors (Lipinski definition) is 5. The van der Waals surface area contributed by atoms with Gasteiger partial charge in [-0.2, -0.15) is 0 Å². The number of ether oxygens (including phenoxy) is 2. The van der Waals surface area contributed by atoms with Crippen LogP contribution < -0.4 is 0 Å². The molecule has 0 N–H and O–H groups in total. The van der Waals surface area contributed by atoms with Crippen LogP contribution in [0.25, 0.3) is 0 Å². The van der Waals surface area contributed by atoms with Crippen molar-refractivity contribution in [3.63, 3.8) is 0 Å². The highest BCUT2D eigenvalue weighted by molar-refractivity contribution is 6.68. The maximum absolute atomic E-state index is 11.6. The average molecular weight is 271 g/mol. The molecule has 0 saturated carbocycles. The molecule has 1 rings (SSSR count). The SMILES string of the molecule is COC(=O)C(C(=O)OC)c1ccccc1C(=O)Cl. The van der Waals surface area contributed by atoms with Crippen molar-refractivity contribution in [1.29, 1.82) is 0 Å². The molecule has 0 aliphatic rings. The number of carbonyl (C=O) groups is 3. The van der Waals surface area contributed by atoms with Gasteiger partial charge < -0.3 is 9.47 Å². The molecule has 18 heavy (non-hydrogen) atoms. The maximum Gasteiger partial charge on any atom is 0.324 e. The fourth-order valence-electron chi connectivity index (χ4n) is 1.51. The number of methoxy groups -OCH3 is 2. The summed E-state index contributed by atoms with van der Waals surface area (Å²) in [6, 6.07) is 6.03. The summed E-state index contributed by atoms with van der Waals surface area (Å²) < 4.78 is 9.06. The molecule has 0 bridgehead atoms. The Hall–Kier alpha value is -1.88. The first-order valence-corrected chi connectivity index (χ1v) is 5.35. The zero-order valence-electron chi connectivity index (χ0n) is 9.81. The van der Waals surface area contributed by atoms with Crippen LogP contribution in [0.2, 0.25) is 0 Å². The van der Waals surface area contributed by atoms with Gasteiger partial charge in [-0.05, 0) is 23.2 Å². The van der Waals surface area contributed by atoms with Crippen molar-refractivity contribution < 1.29 is 23.9 Å². The lowest BCUT2D eigenvalue weighted by molar-refractivity contribution is -0.154. The molecule has 0 amide bonds. The topological polar surface area (TPSA) is 69.7 Å². The minimum absolute atomic E-state index is 0.0694. The van der Waals surface area contributed by atoms with Gasteiger partial charge in [0, 0.05) is 5.56 Å². The fraction of sp³-hybridized carbons (Fsp3) is 0.250. The maximum atomic E-state index is 11.6. The molecule has 0 saturated heterocycles. The second kappa shape index (κ2) is 6.16. The standard InChI is InChI=1S/C12H11ClO5/c1-17-11(15)9(12(16)18-2)7-5-3-4-6-8(7)10(13)14/h3-6,9H,1-2H3. The van der Waals surface area contributed by atoms with Gasteiger partial charge in [0.05, 0.1) is 14.2 Å². The highest BCUT2D eigenvalue weighted by atomic mass is 35.5. The first kappa shape index (κ1) is 14.2. The highest BCUT2D eigenvalue weighted by Crippen LogP contribution is 2.24. The van der Waals surface area contributed by atoms with Gasteiger partial charge in [0.25, 0.3) is 5.24 Å². The monoisotopic (exact) mass is 270 g/mol. The lowest BCUT2D eigenvalue weighted by Gasteiger charge is -2.14. The number of halogens is 1. The molecule has 0 spiro atoms. The normalized spacial score (nSPS) is 10.0. The molecule has 6 heteroatoms. The van der Waals surface area contributed by atoms with Crippen molar-refractivity contribution >= 4 is 28.8 Å². The first-order valence-electron chi connectivity index (χ1n) is 4.97. The summed E-state index contributed by atoms with van der Waals surface area (Å²) in [6.45, 7) is 0. The van der Waals surface area contributed by atoms with E-state index in [2.05, 4.69) is 9.47 Å². The molecule has 0 atom stereocenters. The van der Waals surface area contributed by atoms with E-state index in [1.165, 1.54) is 12.1 Å². The van der Waals surface area contributed by atoms with E-state index in [9.17, 15) is 14.4 Å². The van der Waals surface area contributed by atoms with E-state index in [1.807, 2.05) is 0 Å². The first-order chi connectivity index (χ1) is 8.52. The zero-order chi connectivity index (χ0) is 13.7. The molecular weight excluding hydrogens is 260 g/mol. The van der Waals surface area contributed by atoms with Crippen molar-refractivity contribution in [2.24, 2.45) is 0 Å². The Morgan fingerprint density at radius 2 is 1.56 bits per heavy atom. The largest absolute Gasteiger partial charge is 0.468 e. The molecule has 0 aliphatic carbocycles. The fourth-order valence-corrected chi connectivity index (χ4v) is 1.69. The van der Waals surface area contributed by atoms with E-state index in [0.717, 1.165) is 14.2 Å². The predicted molar refractivity (Wildman–Crippen MR) is 63.4 cm³/mol. The number of esters is 2. The molecule has 5 nitrogen and oxygen atoms in total. The van der Waals surface area contributed by atoms with Crippen LogP contribution in [0.15, 0.2) is 24.3 Å². The summed E-state index contributed by atoms with van der Waals surface area (Å²) in [5, 5.41) is -0.761. The second-order valence-electron chi connectivity index (χ2n) is 3.34. The number of carbonyl (C=O) groups excluding carboxylic acids is 3. The molecule has 0 heterocycles.